The first-order valence-electron chi connectivity index (χ1n) is 7.54. The first-order chi connectivity index (χ1) is 12.0. The van der Waals surface area contributed by atoms with E-state index in [4.69, 9.17) is 10.5 Å². The fourth-order valence-corrected chi connectivity index (χ4v) is 2.19. The van der Waals surface area contributed by atoms with E-state index in [1.807, 2.05) is 18.2 Å². The van der Waals surface area contributed by atoms with Gasteiger partial charge in [0, 0.05) is 12.0 Å². The van der Waals surface area contributed by atoms with Gasteiger partial charge in [0.05, 0.1) is 0 Å². The fourth-order valence-electron chi connectivity index (χ4n) is 2.19. The molecule has 0 aliphatic heterocycles. The van der Waals surface area contributed by atoms with Gasteiger partial charge in [0.1, 0.15) is 12.6 Å². The Morgan fingerprint density at radius 3 is 2.36 bits per heavy atom. The number of carboxylic acids is 1. The van der Waals surface area contributed by atoms with Crippen LogP contribution in [0, 0.1) is 0 Å². The predicted molar refractivity (Wildman–Crippen MR) is 89.9 cm³/mol. The summed E-state index contributed by atoms with van der Waals surface area (Å²) in [7, 11) is 0. The van der Waals surface area contributed by atoms with Crippen LogP contribution in [-0.2, 0) is 22.6 Å². The van der Waals surface area contributed by atoms with Gasteiger partial charge in [-0.2, -0.15) is 0 Å². The molecule has 130 valence electrons. The zero-order valence-corrected chi connectivity index (χ0v) is 13.3. The van der Waals surface area contributed by atoms with Gasteiger partial charge >= 0.3 is 12.1 Å². The van der Waals surface area contributed by atoms with E-state index < -0.39 is 24.0 Å². The molecular weight excluding hydrogens is 324 g/mol. The van der Waals surface area contributed by atoms with E-state index in [9.17, 15) is 19.5 Å². The Labute approximate surface area is 144 Å². The highest BCUT2D eigenvalue weighted by Gasteiger charge is 2.21. The molecule has 25 heavy (non-hydrogen) atoms. The predicted octanol–water partition coefficient (Wildman–Crippen LogP) is 1.71. The SMILES string of the molecule is NC(=O)c1cccc(C[C@H](NC(=O)OCc2ccccc2)C(=O)O)c1. The van der Waals surface area contributed by atoms with Gasteiger partial charge in [-0.1, -0.05) is 42.5 Å². The van der Waals surface area contributed by atoms with E-state index in [1.54, 1.807) is 24.3 Å². The third-order valence-corrected chi connectivity index (χ3v) is 3.45. The topological polar surface area (TPSA) is 119 Å². The maximum absolute atomic E-state index is 11.8. The standard InChI is InChI=1S/C18H18N2O5/c19-16(21)14-8-4-7-13(9-14)10-15(17(22)23)20-18(24)25-11-12-5-2-1-3-6-12/h1-9,15H,10-11H2,(H2,19,21)(H,20,24)(H,22,23)/t15-/m0/s1. The highest BCUT2D eigenvalue weighted by atomic mass is 16.5. The molecule has 0 aliphatic rings. The van der Waals surface area contributed by atoms with E-state index >= 15 is 0 Å². The van der Waals surface area contributed by atoms with Crippen molar-refractivity contribution < 1.29 is 24.2 Å². The minimum absolute atomic E-state index is 0.00309. The first-order valence-corrected chi connectivity index (χ1v) is 7.54. The van der Waals surface area contributed by atoms with Crippen molar-refractivity contribution in [3.05, 3.63) is 71.3 Å². The largest absolute Gasteiger partial charge is 0.480 e. The molecule has 1 atom stereocenters. The molecular formula is C18H18N2O5. The Morgan fingerprint density at radius 1 is 1.04 bits per heavy atom. The van der Waals surface area contributed by atoms with Crippen molar-refractivity contribution in [1.29, 1.82) is 0 Å². The summed E-state index contributed by atoms with van der Waals surface area (Å²) < 4.78 is 5.02. The van der Waals surface area contributed by atoms with Crippen LogP contribution in [0.5, 0.6) is 0 Å². The van der Waals surface area contributed by atoms with Crippen molar-refractivity contribution >= 4 is 18.0 Å². The Balaban J connectivity index is 1.96. The van der Waals surface area contributed by atoms with Crippen LogP contribution in [0.2, 0.25) is 0 Å². The highest BCUT2D eigenvalue weighted by molar-refractivity contribution is 5.93. The van der Waals surface area contributed by atoms with Crippen LogP contribution in [0.15, 0.2) is 54.6 Å². The summed E-state index contributed by atoms with van der Waals surface area (Å²) in [6, 6.07) is 14.1. The van der Waals surface area contributed by atoms with Crippen LogP contribution in [0.25, 0.3) is 0 Å². The molecule has 0 saturated heterocycles. The van der Waals surface area contributed by atoms with Crippen molar-refractivity contribution in [1.82, 2.24) is 5.32 Å². The number of carbonyl (C=O) groups is 3. The normalized spacial score (nSPS) is 11.4. The second kappa shape index (κ2) is 8.49. The zero-order valence-electron chi connectivity index (χ0n) is 13.3. The molecule has 0 saturated carbocycles. The van der Waals surface area contributed by atoms with Gasteiger partial charge in [0.25, 0.3) is 0 Å². The second-order valence-corrected chi connectivity index (χ2v) is 5.37. The number of rotatable bonds is 7. The smallest absolute Gasteiger partial charge is 0.408 e. The fraction of sp³-hybridized carbons (Fsp3) is 0.167. The Hall–Kier alpha value is -3.35. The number of hydrogen-bond acceptors (Lipinski definition) is 4. The van der Waals surface area contributed by atoms with Gasteiger partial charge in [-0.05, 0) is 23.3 Å². The third-order valence-electron chi connectivity index (χ3n) is 3.45. The van der Waals surface area contributed by atoms with Gasteiger partial charge in [0.2, 0.25) is 5.91 Å². The van der Waals surface area contributed by atoms with Crippen molar-refractivity contribution in [3.8, 4) is 0 Å². The van der Waals surface area contributed by atoms with Crippen LogP contribution in [0.4, 0.5) is 4.79 Å². The van der Waals surface area contributed by atoms with Gasteiger partial charge in [-0.25, -0.2) is 9.59 Å². The summed E-state index contributed by atoms with van der Waals surface area (Å²) in [5, 5.41) is 11.6. The lowest BCUT2D eigenvalue weighted by Crippen LogP contribution is -2.42. The number of ether oxygens (including phenoxy) is 1. The zero-order chi connectivity index (χ0) is 18.2. The number of hydrogen-bond donors (Lipinski definition) is 3. The molecule has 0 aliphatic carbocycles. The third kappa shape index (κ3) is 5.65. The Kier molecular flexibility index (Phi) is 6.11. The van der Waals surface area contributed by atoms with E-state index in [0.717, 1.165) is 5.56 Å². The van der Waals surface area contributed by atoms with Gasteiger partial charge < -0.3 is 20.9 Å². The number of nitrogens with one attached hydrogen (secondary N) is 1. The number of carboxylic acid groups (broad SMARTS) is 1. The van der Waals surface area contributed by atoms with Crippen LogP contribution in [-0.4, -0.2) is 29.1 Å². The molecule has 2 rings (SSSR count). The molecule has 0 unspecified atom stereocenters. The number of nitrogens with two attached hydrogens (primary N) is 1. The Morgan fingerprint density at radius 2 is 1.72 bits per heavy atom. The van der Waals surface area contributed by atoms with Crippen molar-refractivity contribution in [2.45, 2.75) is 19.1 Å². The number of carbonyl (C=O) groups excluding carboxylic acids is 2. The molecule has 4 N–H and O–H groups in total. The average molecular weight is 342 g/mol. The molecule has 2 aromatic rings. The molecule has 2 amide bonds. The lowest BCUT2D eigenvalue weighted by molar-refractivity contribution is -0.139. The lowest BCUT2D eigenvalue weighted by atomic mass is 10.0. The molecule has 2 aromatic carbocycles. The van der Waals surface area contributed by atoms with Gasteiger partial charge in [0.15, 0.2) is 0 Å². The Bertz CT molecular complexity index is 761. The quantitative estimate of drug-likeness (QED) is 0.708. The summed E-state index contributed by atoms with van der Waals surface area (Å²) in [4.78, 5) is 34.4. The molecule has 7 nitrogen and oxygen atoms in total. The van der Waals surface area contributed by atoms with E-state index in [1.165, 1.54) is 12.1 Å². The van der Waals surface area contributed by atoms with Crippen molar-refractivity contribution in [2.75, 3.05) is 0 Å². The number of alkyl carbamates (subject to hydrolysis) is 1. The second-order valence-electron chi connectivity index (χ2n) is 5.37. The van der Waals surface area contributed by atoms with Crippen molar-refractivity contribution in [2.24, 2.45) is 5.73 Å². The lowest BCUT2D eigenvalue weighted by Gasteiger charge is -2.15. The molecule has 0 fully saturated rings. The minimum atomic E-state index is -1.21. The highest BCUT2D eigenvalue weighted by Crippen LogP contribution is 2.08. The van der Waals surface area contributed by atoms with E-state index in [-0.39, 0.29) is 18.6 Å². The number of primary amides is 1. The van der Waals surface area contributed by atoms with Crippen LogP contribution < -0.4 is 11.1 Å². The van der Waals surface area contributed by atoms with E-state index in [2.05, 4.69) is 5.32 Å². The van der Waals surface area contributed by atoms with Gasteiger partial charge in [-0.3, -0.25) is 4.79 Å². The maximum Gasteiger partial charge on any atom is 0.408 e. The summed E-state index contributed by atoms with van der Waals surface area (Å²) in [5.41, 5.74) is 6.83. The minimum Gasteiger partial charge on any atom is -0.480 e. The van der Waals surface area contributed by atoms with Gasteiger partial charge in [-0.15, -0.1) is 0 Å². The summed E-state index contributed by atoms with van der Waals surface area (Å²) in [6.07, 6.45) is -0.834. The molecule has 0 aromatic heterocycles. The molecule has 0 heterocycles. The molecule has 0 spiro atoms. The molecule has 0 radical (unpaired) electrons. The molecule has 0 bridgehead atoms. The molecule has 7 heteroatoms. The van der Waals surface area contributed by atoms with Crippen LogP contribution in [0.1, 0.15) is 21.5 Å². The number of amides is 2. The number of aliphatic carboxylic acids is 1. The summed E-state index contributed by atoms with van der Waals surface area (Å²) in [6.45, 7) is 0.0379. The van der Waals surface area contributed by atoms with Crippen LogP contribution >= 0.6 is 0 Å². The summed E-state index contributed by atoms with van der Waals surface area (Å²) in [5.74, 6) is -1.81. The summed E-state index contributed by atoms with van der Waals surface area (Å²) >= 11 is 0. The van der Waals surface area contributed by atoms with Crippen LogP contribution in [0.3, 0.4) is 0 Å². The number of benzene rings is 2. The average Bonchev–Trinajstić information content (AvgIpc) is 2.60. The van der Waals surface area contributed by atoms with Crippen molar-refractivity contribution in [3.63, 3.8) is 0 Å². The van der Waals surface area contributed by atoms with E-state index in [0.29, 0.717) is 5.56 Å². The maximum atomic E-state index is 11.8. The monoisotopic (exact) mass is 342 g/mol. The first kappa shape index (κ1) is 18.0.